The van der Waals surface area contributed by atoms with Crippen LogP contribution in [0.25, 0.3) is 0 Å². The summed E-state index contributed by atoms with van der Waals surface area (Å²) in [6.07, 6.45) is 3.97. The van der Waals surface area contributed by atoms with Crippen molar-refractivity contribution in [2.24, 2.45) is 0 Å². The topological polar surface area (TPSA) is 92.0 Å². The zero-order valence-electron chi connectivity index (χ0n) is 11.3. The quantitative estimate of drug-likeness (QED) is 0.838. The minimum absolute atomic E-state index is 0.493. The third kappa shape index (κ3) is 2.79. The van der Waals surface area contributed by atoms with E-state index in [1.165, 1.54) is 12.8 Å². The molecule has 0 unspecified atom stereocenters. The molecule has 2 N–H and O–H groups in total. The lowest BCUT2D eigenvalue weighted by molar-refractivity contribution is 0.388. The summed E-state index contributed by atoms with van der Waals surface area (Å²) in [5.74, 6) is 2.53. The molecule has 0 bridgehead atoms. The molecular formula is C12H17N7O. The fraction of sp³-hybridized carbons (Fsp3) is 0.500. The number of aromatic nitrogens is 4. The zero-order valence-corrected chi connectivity index (χ0v) is 11.3. The van der Waals surface area contributed by atoms with Gasteiger partial charge in [0.2, 0.25) is 17.8 Å². The minimum atomic E-state index is 0.493. The van der Waals surface area contributed by atoms with E-state index in [1.54, 1.807) is 19.3 Å². The molecule has 0 aliphatic carbocycles. The summed E-state index contributed by atoms with van der Waals surface area (Å²) < 4.78 is 5.03. The summed E-state index contributed by atoms with van der Waals surface area (Å²) in [6.45, 7) is 2.48. The Balaban J connectivity index is 1.76. The van der Waals surface area contributed by atoms with Gasteiger partial charge in [0.15, 0.2) is 5.76 Å². The SMILES string of the molecule is CNc1nc(NCc2ccno2)nc(N2CCCC2)n1. The van der Waals surface area contributed by atoms with Crippen LogP contribution in [-0.2, 0) is 6.54 Å². The van der Waals surface area contributed by atoms with Crippen molar-refractivity contribution in [2.75, 3.05) is 35.7 Å². The van der Waals surface area contributed by atoms with Gasteiger partial charge in [-0.2, -0.15) is 15.0 Å². The lowest BCUT2D eigenvalue weighted by atomic mass is 10.4. The first-order valence-electron chi connectivity index (χ1n) is 6.67. The first kappa shape index (κ1) is 12.6. The second-order valence-electron chi connectivity index (χ2n) is 4.56. The summed E-state index contributed by atoms with van der Waals surface area (Å²) in [5, 5.41) is 9.74. The van der Waals surface area contributed by atoms with Crippen molar-refractivity contribution >= 4 is 17.8 Å². The van der Waals surface area contributed by atoms with E-state index in [9.17, 15) is 0 Å². The van der Waals surface area contributed by atoms with Gasteiger partial charge in [-0.05, 0) is 12.8 Å². The Bertz CT molecular complexity index is 551. The lowest BCUT2D eigenvalue weighted by Gasteiger charge is -2.16. The Hall–Kier alpha value is -2.38. The van der Waals surface area contributed by atoms with Crippen molar-refractivity contribution in [3.63, 3.8) is 0 Å². The van der Waals surface area contributed by atoms with E-state index in [0.29, 0.717) is 24.4 Å². The average Bonchev–Trinajstić information content (AvgIpc) is 3.17. The fourth-order valence-corrected chi connectivity index (χ4v) is 2.11. The summed E-state index contributed by atoms with van der Waals surface area (Å²) in [4.78, 5) is 15.3. The average molecular weight is 275 g/mol. The second-order valence-corrected chi connectivity index (χ2v) is 4.56. The molecule has 1 aliphatic rings. The summed E-state index contributed by atoms with van der Waals surface area (Å²) in [6, 6.07) is 1.80. The maximum atomic E-state index is 5.03. The molecule has 2 aromatic heterocycles. The molecule has 8 heteroatoms. The van der Waals surface area contributed by atoms with Crippen LogP contribution in [0.3, 0.4) is 0 Å². The van der Waals surface area contributed by atoms with Crippen LogP contribution in [0.1, 0.15) is 18.6 Å². The first-order valence-corrected chi connectivity index (χ1v) is 6.67. The summed E-state index contributed by atoms with van der Waals surface area (Å²) in [7, 11) is 1.79. The van der Waals surface area contributed by atoms with Crippen molar-refractivity contribution in [1.82, 2.24) is 20.1 Å². The van der Waals surface area contributed by atoms with Gasteiger partial charge in [-0.25, -0.2) is 0 Å². The maximum Gasteiger partial charge on any atom is 0.231 e. The highest BCUT2D eigenvalue weighted by molar-refractivity contribution is 5.44. The van der Waals surface area contributed by atoms with Crippen LogP contribution in [0, 0.1) is 0 Å². The zero-order chi connectivity index (χ0) is 13.8. The largest absolute Gasteiger partial charge is 0.360 e. The monoisotopic (exact) mass is 275 g/mol. The third-order valence-electron chi connectivity index (χ3n) is 3.15. The van der Waals surface area contributed by atoms with Gasteiger partial charge in [-0.3, -0.25) is 0 Å². The fourth-order valence-electron chi connectivity index (χ4n) is 2.11. The highest BCUT2D eigenvalue weighted by Gasteiger charge is 2.17. The molecule has 0 atom stereocenters. The van der Waals surface area contributed by atoms with Crippen LogP contribution in [0.5, 0.6) is 0 Å². The van der Waals surface area contributed by atoms with Crippen molar-refractivity contribution in [2.45, 2.75) is 19.4 Å². The predicted octanol–water partition coefficient (Wildman–Crippen LogP) is 1.11. The minimum Gasteiger partial charge on any atom is -0.360 e. The van der Waals surface area contributed by atoms with Gasteiger partial charge in [-0.15, -0.1) is 0 Å². The van der Waals surface area contributed by atoms with E-state index in [2.05, 4.69) is 35.6 Å². The van der Waals surface area contributed by atoms with E-state index in [0.717, 1.165) is 18.8 Å². The van der Waals surface area contributed by atoms with Crippen LogP contribution < -0.4 is 15.5 Å². The van der Waals surface area contributed by atoms with E-state index in [-0.39, 0.29) is 0 Å². The molecule has 0 radical (unpaired) electrons. The van der Waals surface area contributed by atoms with Crippen LogP contribution in [0.15, 0.2) is 16.8 Å². The number of nitrogens with one attached hydrogen (secondary N) is 2. The van der Waals surface area contributed by atoms with Crippen LogP contribution in [0.4, 0.5) is 17.8 Å². The Morgan fingerprint density at radius 2 is 2.00 bits per heavy atom. The van der Waals surface area contributed by atoms with Crippen LogP contribution >= 0.6 is 0 Å². The molecule has 20 heavy (non-hydrogen) atoms. The molecule has 1 fully saturated rings. The van der Waals surface area contributed by atoms with Crippen molar-refractivity contribution in [3.8, 4) is 0 Å². The van der Waals surface area contributed by atoms with Crippen molar-refractivity contribution in [1.29, 1.82) is 0 Å². The number of rotatable bonds is 5. The number of hydrogen-bond acceptors (Lipinski definition) is 8. The third-order valence-corrected chi connectivity index (χ3v) is 3.15. The lowest BCUT2D eigenvalue weighted by Crippen LogP contribution is -2.22. The van der Waals surface area contributed by atoms with Gasteiger partial charge in [0, 0.05) is 26.2 Å². The summed E-state index contributed by atoms with van der Waals surface area (Å²) >= 11 is 0. The van der Waals surface area contributed by atoms with Gasteiger partial charge in [-0.1, -0.05) is 5.16 Å². The van der Waals surface area contributed by atoms with Gasteiger partial charge < -0.3 is 20.1 Å². The van der Waals surface area contributed by atoms with Crippen molar-refractivity contribution in [3.05, 3.63) is 18.0 Å². The second kappa shape index (κ2) is 5.72. The highest BCUT2D eigenvalue weighted by Crippen LogP contribution is 2.18. The van der Waals surface area contributed by atoms with Gasteiger partial charge in [0.05, 0.1) is 12.7 Å². The summed E-state index contributed by atoms with van der Waals surface area (Å²) in [5.41, 5.74) is 0. The van der Waals surface area contributed by atoms with E-state index < -0.39 is 0 Å². The molecule has 1 saturated heterocycles. The van der Waals surface area contributed by atoms with E-state index >= 15 is 0 Å². The first-order chi connectivity index (χ1) is 9.85. The molecule has 1 aliphatic heterocycles. The number of hydrogen-bond donors (Lipinski definition) is 2. The molecule has 2 aromatic rings. The Kier molecular flexibility index (Phi) is 3.62. The predicted molar refractivity (Wildman–Crippen MR) is 74.7 cm³/mol. The molecule has 3 rings (SSSR count). The number of anilines is 3. The molecule has 8 nitrogen and oxygen atoms in total. The van der Waals surface area contributed by atoms with Crippen molar-refractivity contribution < 1.29 is 4.52 Å². The highest BCUT2D eigenvalue weighted by atomic mass is 16.5. The number of nitrogens with zero attached hydrogens (tertiary/aromatic N) is 5. The Labute approximate surface area is 116 Å². The molecule has 0 saturated carbocycles. The maximum absolute atomic E-state index is 5.03. The standard InChI is InChI=1S/C12H17N7O/c1-13-10-16-11(14-8-9-4-5-15-20-9)18-12(17-10)19-6-2-3-7-19/h4-5H,2-3,6-8H2,1H3,(H2,13,14,16,17,18). The normalized spacial score (nSPS) is 14.6. The van der Waals surface area contributed by atoms with E-state index in [4.69, 9.17) is 4.52 Å². The van der Waals surface area contributed by atoms with Crippen LogP contribution in [0.2, 0.25) is 0 Å². The van der Waals surface area contributed by atoms with Crippen LogP contribution in [-0.4, -0.2) is 40.2 Å². The van der Waals surface area contributed by atoms with Gasteiger partial charge >= 0.3 is 0 Å². The molecule has 3 heterocycles. The molecule has 0 amide bonds. The Morgan fingerprint density at radius 3 is 2.70 bits per heavy atom. The smallest absolute Gasteiger partial charge is 0.231 e. The molecule has 0 aromatic carbocycles. The molecule has 106 valence electrons. The molecular weight excluding hydrogens is 258 g/mol. The van der Waals surface area contributed by atoms with Gasteiger partial charge in [0.1, 0.15) is 0 Å². The molecule has 0 spiro atoms. The Morgan fingerprint density at radius 1 is 1.20 bits per heavy atom. The van der Waals surface area contributed by atoms with E-state index in [1.807, 2.05) is 0 Å². The van der Waals surface area contributed by atoms with Gasteiger partial charge in [0.25, 0.3) is 0 Å².